The summed E-state index contributed by atoms with van der Waals surface area (Å²) in [6.07, 6.45) is 0. The lowest BCUT2D eigenvalue weighted by atomic mass is 10.1. The Morgan fingerprint density at radius 1 is 1.47 bits per heavy atom. The molecule has 0 bridgehead atoms. The molecule has 0 radical (unpaired) electrons. The summed E-state index contributed by atoms with van der Waals surface area (Å²) < 4.78 is 28.3. The largest absolute Gasteiger partial charge is 0.434 e. The van der Waals surface area contributed by atoms with Crippen LogP contribution in [0.3, 0.4) is 0 Å². The molecule has 0 atom stereocenters. The van der Waals surface area contributed by atoms with Crippen molar-refractivity contribution >= 4 is 11.5 Å². The Morgan fingerprint density at radius 2 is 2.07 bits per heavy atom. The monoisotopic (exact) mass is 215 g/mol. The third kappa shape index (κ3) is 2.65. The summed E-state index contributed by atoms with van der Waals surface area (Å²) in [5.74, 6) is -0.519. The fourth-order valence-corrected chi connectivity index (χ4v) is 1.17. The number of hydrogen-bond acceptors (Lipinski definition) is 3. The molecule has 2 N–H and O–H groups in total. The summed E-state index contributed by atoms with van der Waals surface area (Å²) in [6, 6.07) is 2.67. The lowest BCUT2D eigenvalue weighted by molar-refractivity contribution is -0.0500. The number of nitrogen functional groups attached to an aromatic ring is 1. The number of carbonyl (C=O) groups excluding carboxylic acids is 1. The molecule has 0 saturated heterocycles. The average Bonchev–Trinajstić information content (AvgIpc) is 2.09. The lowest BCUT2D eigenvalue weighted by Crippen LogP contribution is -2.08. The van der Waals surface area contributed by atoms with Gasteiger partial charge in [0.2, 0.25) is 0 Å². The van der Waals surface area contributed by atoms with E-state index in [9.17, 15) is 13.6 Å². The molecule has 1 aromatic rings. The van der Waals surface area contributed by atoms with E-state index in [2.05, 4.69) is 4.74 Å². The number of hydrogen-bond donors (Lipinski definition) is 1. The van der Waals surface area contributed by atoms with Crippen LogP contribution in [0.25, 0.3) is 0 Å². The Balaban J connectivity index is 3.22. The molecule has 0 aliphatic heterocycles. The highest BCUT2D eigenvalue weighted by Crippen LogP contribution is 2.26. The minimum absolute atomic E-state index is 0.113. The van der Waals surface area contributed by atoms with Crippen LogP contribution in [-0.4, -0.2) is 12.4 Å². The maximum absolute atomic E-state index is 12.0. The zero-order chi connectivity index (χ0) is 11.6. The van der Waals surface area contributed by atoms with Crippen molar-refractivity contribution in [1.82, 2.24) is 0 Å². The Hall–Kier alpha value is -1.65. The molecule has 15 heavy (non-hydrogen) atoms. The number of halogens is 2. The van der Waals surface area contributed by atoms with Crippen LogP contribution < -0.4 is 10.5 Å². The zero-order valence-electron chi connectivity index (χ0n) is 8.38. The van der Waals surface area contributed by atoms with E-state index in [0.717, 1.165) is 0 Å². The molecule has 0 aromatic heterocycles. The smallest absolute Gasteiger partial charge is 0.387 e. The Bertz CT molecular complexity index is 391. The number of carbonyl (C=O) groups is 1. The molecule has 5 heteroatoms. The number of Topliss-reactive ketones (excluding diaryl/α,β-unsaturated/α-hetero) is 1. The maximum atomic E-state index is 12.0. The zero-order valence-corrected chi connectivity index (χ0v) is 8.38. The molecular formula is C10H11F2NO2. The summed E-state index contributed by atoms with van der Waals surface area (Å²) in [5.41, 5.74) is 6.61. The van der Waals surface area contributed by atoms with Crippen LogP contribution in [0.15, 0.2) is 12.1 Å². The van der Waals surface area contributed by atoms with E-state index in [1.807, 2.05) is 0 Å². The van der Waals surface area contributed by atoms with Crippen molar-refractivity contribution in [1.29, 1.82) is 0 Å². The van der Waals surface area contributed by atoms with Crippen molar-refractivity contribution in [3.63, 3.8) is 0 Å². The van der Waals surface area contributed by atoms with E-state index in [1.54, 1.807) is 6.92 Å². The van der Waals surface area contributed by atoms with Crippen LogP contribution in [0.4, 0.5) is 14.5 Å². The van der Waals surface area contributed by atoms with Crippen molar-refractivity contribution < 1.29 is 18.3 Å². The second-order valence-electron chi connectivity index (χ2n) is 3.14. The highest BCUT2D eigenvalue weighted by Gasteiger charge is 2.14. The van der Waals surface area contributed by atoms with Crippen molar-refractivity contribution in [2.45, 2.75) is 20.5 Å². The van der Waals surface area contributed by atoms with Gasteiger partial charge in [0, 0.05) is 11.8 Å². The highest BCUT2D eigenvalue weighted by molar-refractivity contribution is 5.97. The van der Waals surface area contributed by atoms with E-state index < -0.39 is 6.61 Å². The third-order valence-corrected chi connectivity index (χ3v) is 1.96. The first-order chi connectivity index (χ1) is 6.91. The highest BCUT2D eigenvalue weighted by atomic mass is 19.3. The first-order valence-electron chi connectivity index (χ1n) is 4.27. The molecule has 1 aromatic carbocycles. The second kappa shape index (κ2) is 4.25. The predicted octanol–water partition coefficient (Wildman–Crippen LogP) is 2.38. The first-order valence-corrected chi connectivity index (χ1v) is 4.27. The number of rotatable bonds is 3. The van der Waals surface area contributed by atoms with Gasteiger partial charge in [-0.25, -0.2) is 0 Å². The van der Waals surface area contributed by atoms with Crippen molar-refractivity contribution in [3.05, 3.63) is 23.3 Å². The van der Waals surface area contributed by atoms with Crippen LogP contribution >= 0.6 is 0 Å². The van der Waals surface area contributed by atoms with Crippen LogP contribution in [0.2, 0.25) is 0 Å². The number of nitrogens with two attached hydrogens (primary N) is 1. The summed E-state index contributed by atoms with van der Waals surface area (Å²) in [5, 5.41) is 0. The van der Waals surface area contributed by atoms with Gasteiger partial charge in [-0.2, -0.15) is 8.78 Å². The topological polar surface area (TPSA) is 52.3 Å². The van der Waals surface area contributed by atoms with Gasteiger partial charge in [0.25, 0.3) is 0 Å². The van der Waals surface area contributed by atoms with Crippen LogP contribution in [0.5, 0.6) is 5.75 Å². The van der Waals surface area contributed by atoms with Gasteiger partial charge in [0.1, 0.15) is 5.75 Å². The van der Waals surface area contributed by atoms with Gasteiger partial charge >= 0.3 is 6.61 Å². The molecule has 0 aliphatic rings. The van der Waals surface area contributed by atoms with Crippen LogP contribution in [0, 0.1) is 6.92 Å². The standard InChI is InChI=1S/C10H11F2NO2/c1-5-3-7(6(2)14)9(4-8(5)13)15-10(11)12/h3-4,10H,13H2,1-2H3. The van der Waals surface area contributed by atoms with E-state index in [1.165, 1.54) is 19.1 Å². The molecule has 0 spiro atoms. The van der Waals surface area contributed by atoms with Gasteiger partial charge in [0.15, 0.2) is 5.78 Å². The minimum atomic E-state index is -2.97. The Labute approximate surface area is 85.8 Å². The van der Waals surface area contributed by atoms with E-state index >= 15 is 0 Å². The SMILES string of the molecule is CC(=O)c1cc(C)c(N)cc1OC(F)F. The summed E-state index contributed by atoms with van der Waals surface area (Å²) >= 11 is 0. The summed E-state index contributed by atoms with van der Waals surface area (Å²) in [7, 11) is 0. The van der Waals surface area contributed by atoms with Gasteiger partial charge in [-0.05, 0) is 25.5 Å². The second-order valence-corrected chi connectivity index (χ2v) is 3.14. The third-order valence-electron chi connectivity index (χ3n) is 1.96. The molecule has 3 nitrogen and oxygen atoms in total. The fourth-order valence-electron chi connectivity index (χ4n) is 1.17. The molecule has 0 aliphatic carbocycles. The quantitative estimate of drug-likeness (QED) is 0.622. The van der Waals surface area contributed by atoms with E-state index in [0.29, 0.717) is 11.3 Å². The number of ketones is 1. The number of aryl methyl sites for hydroxylation is 1. The number of ether oxygens (including phenoxy) is 1. The number of anilines is 1. The Morgan fingerprint density at radius 3 is 2.53 bits per heavy atom. The van der Waals surface area contributed by atoms with Gasteiger partial charge in [-0.1, -0.05) is 0 Å². The van der Waals surface area contributed by atoms with E-state index in [4.69, 9.17) is 5.73 Å². The molecule has 82 valence electrons. The van der Waals surface area contributed by atoms with Gasteiger partial charge in [0.05, 0.1) is 5.56 Å². The van der Waals surface area contributed by atoms with Crippen molar-refractivity contribution in [2.75, 3.05) is 5.73 Å². The van der Waals surface area contributed by atoms with Crippen molar-refractivity contribution in [3.8, 4) is 5.75 Å². The van der Waals surface area contributed by atoms with Crippen molar-refractivity contribution in [2.24, 2.45) is 0 Å². The molecule has 0 heterocycles. The van der Waals surface area contributed by atoms with Gasteiger partial charge < -0.3 is 10.5 Å². The van der Waals surface area contributed by atoms with E-state index in [-0.39, 0.29) is 17.1 Å². The maximum Gasteiger partial charge on any atom is 0.387 e. The Kier molecular flexibility index (Phi) is 3.24. The predicted molar refractivity (Wildman–Crippen MR) is 52.2 cm³/mol. The molecular weight excluding hydrogens is 204 g/mol. The van der Waals surface area contributed by atoms with Gasteiger partial charge in [-0.3, -0.25) is 4.79 Å². The molecule has 0 saturated carbocycles. The average molecular weight is 215 g/mol. The number of benzene rings is 1. The minimum Gasteiger partial charge on any atom is -0.434 e. The molecule has 1 rings (SSSR count). The normalized spacial score (nSPS) is 10.5. The first kappa shape index (κ1) is 11.4. The number of alkyl halides is 2. The van der Waals surface area contributed by atoms with Crippen LogP contribution in [0.1, 0.15) is 22.8 Å². The summed E-state index contributed by atoms with van der Waals surface area (Å²) in [6.45, 7) is 0.00206. The molecule has 0 fully saturated rings. The fraction of sp³-hybridized carbons (Fsp3) is 0.300. The lowest BCUT2D eigenvalue weighted by Gasteiger charge is -2.11. The van der Waals surface area contributed by atoms with Gasteiger partial charge in [-0.15, -0.1) is 0 Å². The van der Waals surface area contributed by atoms with Crippen LogP contribution in [-0.2, 0) is 0 Å². The molecule has 0 unspecified atom stereocenters. The molecule has 0 amide bonds. The summed E-state index contributed by atoms with van der Waals surface area (Å²) in [4.78, 5) is 11.1.